The van der Waals surface area contributed by atoms with Gasteiger partial charge in [0.25, 0.3) is 5.91 Å². The molecule has 0 aliphatic rings. The van der Waals surface area contributed by atoms with Gasteiger partial charge in [0.05, 0.1) is 0 Å². The molecule has 2 aromatic carbocycles. The molecule has 0 saturated carbocycles. The number of benzene rings is 2. The Labute approximate surface area is 208 Å². The first-order chi connectivity index (χ1) is 16.6. The number of aromatic nitrogens is 2. The third-order valence-electron chi connectivity index (χ3n) is 5.37. The molecule has 0 radical (unpaired) electrons. The van der Waals surface area contributed by atoms with Gasteiger partial charge < -0.3 is 15.7 Å². The highest BCUT2D eigenvalue weighted by Gasteiger charge is 2.23. The molecule has 0 bridgehead atoms. The van der Waals surface area contributed by atoms with Crippen molar-refractivity contribution >= 4 is 34.9 Å². The minimum atomic E-state index is -1.09. The first-order valence-corrected chi connectivity index (χ1v) is 11.6. The van der Waals surface area contributed by atoms with E-state index in [0.717, 1.165) is 16.9 Å². The van der Waals surface area contributed by atoms with E-state index >= 15 is 0 Å². The fraction of sp³-hybridized carbons (Fsp3) is 0.222. The maximum atomic E-state index is 13.0. The molecule has 0 spiro atoms. The molecule has 0 fully saturated rings. The smallest absolute Gasteiger partial charge is 0.326 e. The predicted octanol–water partition coefficient (Wildman–Crippen LogP) is 5.29. The Morgan fingerprint density at radius 2 is 1.80 bits per heavy atom. The largest absolute Gasteiger partial charge is 0.480 e. The van der Waals surface area contributed by atoms with Crippen LogP contribution in [0, 0.1) is 0 Å². The molecule has 1 atom stereocenters. The minimum Gasteiger partial charge on any atom is -0.480 e. The number of pyridine rings is 1. The topological polar surface area (TPSA) is 95.7 Å². The number of anilines is 1. The van der Waals surface area contributed by atoms with Gasteiger partial charge in [0.15, 0.2) is 0 Å². The van der Waals surface area contributed by atoms with Crippen LogP contribution >= 0.6 is 11.6 Å². The number of nitrogens with one attached hydrogen (secondary N) is 2. The Morgan fingerprint density at radius 3 is 2.46 bits per heavy atom. The van der Waals surface area contributed by atoms with E-state index in [4.69, 9.17) is 16.6 Å². The van der Waals surface area contributed by atoms with Gasteiger partial charge >= 0.3 is 5.97 Å². The molecule has 0 saturated heterocycles. The Bertz CT molecular complexity index is 1380. The molecule has 1 unspecified atom stereocenters. The van der Waals surface area contributed by atoms with Crippen LogP contribution in [-0.2, 0) is 11.2 Å². The van der Waals surface area contributed by atoms with Crippen LogP contribution in [0.1, 0.15) is 36.7 Å². The molecular weight excluding hydrogens is 464 g/mol. The van der Waals surface area contributed by atoms with Crippen molar-refractivity contribution in [3.05, 3.63) is 89.1 Å². The van der Waals surface area contributed by atoms with E-state index in [0.29, 0.717) is 21.9 Å². The summed E-state index contributed by atoms with van der Waals surface area (Å²) < 4.78 is 1.87. The Kier molecular flexibility index (Phi) is 6.80. The van der Waals surface area contributed by atoms with Crippen LogP contribution in [0.3, 0.4) is 0 Å². The zero-order chi connectivity index (χ0) is 25.2. The average Bonchev–Trinajstić information content (AvgIpc) is 3.15. The molecule has 0 aliphatic heterocycles. The number of nitrogens with zero attached hydrogens (tertiary/aromatic N) is 2. The predicted molar refractivity (Wildman–Crippen MR) is 138 cm³/mol. The number of amides is 1. The summed E-state index contributed by atoms with van der Waals surface area (Å²) in [5, 5.41) is 16.4. The minimum absolute atomic E-state index is 0.187. The molecule has 4 aromatic rings. The highest BCUT2D eigenvalue weighted by molar-refractivity contribution is 6.30. The van der Waals surface area contributed by atoms with Gasteiger partial charge in [0.1, 0.15) is 23.2 Å². The monoisotopic (exact) mass is 490 g/mol. The molecule has 8 heteroatoms. The second-order valence-electron chi connectivity index (χ2n) is 9.39. The van der Waals surface area contributed by atoms with E-state index in [-0.39, 0.29) is 12.0 Å². The van der Waals surface area contributed by atoms with Gasteiger partial charge in [0.2, 0.25) is 0 Å². The van der Waals surface area contributed by atoms with Gasteiger partial charge in [-0.3, -0.25) is 9.20 Å². The summed E-state index contributed by atoms with van der Waals surface area (Å²) in [7, 11) is 0. The van der Waals surface area contributed by atoms with Gasteiger partial charge in [-0.2, -0.15) is 0 Å². The van der Waals surface area contributed by atoms with Crippen LogP contribution in [0.5, 0.6) is 0 Å². The fourth-order valence-electron chi connectivity index (χ4n) is 3.79. The van der Waals surface area contributed by atoms with Crippen molar-refractivity contribution in [2.75, 3.05) is 5.32 Å². The van der Waals surface area contributed by atoms with Gasteiger partial charge in [-0.1, -0.05) is 54.1 Å². The first kappa shape index (κ1) is 24.3. The van der Waals surface area contributed by atoms with Gasteiger partial charge in [0, 0.05) is 34.3 Å². The molecule has 2 aromatic heterocycles. The van der Waals surface area contributed by atoms with E-state index in [1.165, 1.54) is 0 Å². The van der Waals surface area contributed by atoms with Crippen LogP contribution in [-0.4, -0.2) is 37.9 Å². The lowest BCUT2D eigenvalue weighted by molar-refractivity contribution is -0.139. The van der Waals surface area contributed by atoms with E-state index in [2.05, 4.69) is 31.4 Å². The van der Waals surface area contributed by atoms with Crippen LogP contribution in [0.4, 0.5) is 5.82 Å². The first-order valence-electron chi connectivity index (χ1n) is 11.2. The number of carbonyl (C=O) groups is 2. The average molecular weight is 491 g/mol. The number of carboxylic acids is 1. The third-order valence-corrected chi connectivity index (χ3v) is 5.60. The van der Waals surface area contributed by atoms with E-state index in [1.54, 1.807) is 24.4 Å². The molecule has 0 aliphatic carbocycles. The zero-order valence-electron chi connectivity index (χ0n) is 19.7. The molecule has 4 rings (SSSR count). The van der Waals surface area contributed by atoms with Crippen LogP contribution in [0.25, 0.3) is 16.9 Å². The summed E-state index contributed by atoms with van der Waals surface area (Å²) >= 11 is 6.22. The maximum Gasteiger partial charge on any atom is 0.326 e. The van der Waals surface area contributed by atoms with Crippen molar-refractivity contribution in [2.45, 2.75) is 38.8 Å². The second kappa shape index (κ2) is 9.80. The molecule has 7 nitrogen and oxygen atoms in total. The van der Waals surface area contributed by atoms with Crippen molar-refractivity contribution in [2.24, 2.45) is 0 Å². The van der Waals surface area contributed by atoms with Crippen LogP contribution in [0.15, 0.2) is 72.9 Å². The number of fused-ring (bicyclic) bond motifs is 1. The lowest BCUT2D eigenvalue weighted by Gasteiger charge is -2.22. The zero-order valence-corrected chi connectivity index (χ0v) is 20.5. The van der Waals surface area contributed by atoms with E-state index in [1.807, 2.05) is 52.9 Å². The van der Waals surface area contributed by atoms with Crippen molar-refractivity contribution in [1.82, 2.24) is 14.7 Å². The molecular formula is C27H27ClN4O3. The quantitative estimate of drug-likeness (QED) is 0.327. The lowest BCUT2D eigenvalue weighted by atomic mass is 10.1. The summed E-state index contributed by atoms with van der Waals surface area (Å²) in [5.41, 5.74) is 3.00. The van der Waals surface area contributed by atoms with Crippen LogP contribution in [0.2, 0.25) is 5.02 Å². The maximum absolute atomic E-state index is 13.0. The SMILES string of the molecule is CC(C)(C)Nc1c(-c2cccc(Cl)c2)nc2cc(C(=O)NC(Cc3ccccc3)C(=O)O)ccn12. The Morgan fingerprint density at radius 1 is 1.06 bits per heavy atom. The standard InChI is InChI=1S/C27H27ClN4O3/c1-27(2,3)31-24-23(18-10-7-11-20(28)15-18)30-22-16-19(12-13-32(22)24)25(33)29-21(26(34)35)14-17-8-5-4-6-9-17/h4-13,15-16,21,31H,14H2,1-3H3,(H,29,33)(H,34,35). The lowest BCUT2D eigenvalue weighted by Crippen LogP contribution is -2.42. The number of hydrogen-bond donors (Lipinski definition) is 3. The van der Waals surface area contributed by atoms with Crippen LogP contribution < -0.4 is 10.6 Å². The van der Waals surface area contributed by atoms with E-state index < -0.39 is 17.9 Å². The number of carbonyl (C=O) groups excluding carboxylic acids is 1. The highest BCUT2D eigenvalue weighted by atomic mass is 35.5. The van der Waals surface area contributed by atoms with E-state index in [9.17, 15) is 14.7 Å². The van der Waals surface area contributed by atoms with Crippen molar-refractivity contribution in [3.63, 3.8) is 0 Å². The Balaban J connectivity index is 1.68. The van der Waals surface area contributed by atoms with Crippen molar-refractivity contribution in [1.29, 1.82) is 0 Å². The summed E-state index contributed by atoms with van der Waals surface area (Å²) in [4.78, 5) is 29.6. The normalized spacial score (nSPS) is 12.3. The molecule has 2 heterocycles. The number of aliphatic carboxylic acids is 1. The number of rotatable bonds is 7. The summed E-state index contributed by atoms with van der Waals surface area (Å²) in [6.07, 6.45) is 1.94. The molecule has 3 N–H and O–H groups in total. The number of halogens is 1. The molecule has 35 heavy (non-hydrogen) atoms. The van der Waals surface area contributed by atoms with Crippen molar-refractivity contribution < 1.29 is 14.7 Å². The second-order valence-corrected chi connectivity index (χ2v) is 9.83. The fourth-order valence-corrected chi connectivity index (χ4v) is 3.98. The van der Waals surface area contributed by atoms with Gasteiger partial charge in [-0.05, 0) is 50.6 Å². The number of hydrogen-bond acceptors (Lipinski definition) is 4. The molecule has 1 amide bonds. The summed E-state index contributed by atoms with van der Waals surface area (Å²) in [6.45, 7) is 6.15. The van der Waals surface area contributed by atoms with Gasteiger partial charge in [-0.15, -0.1) is 0 Å². The van der Waals surface area contributed by atoms with Crippen molar-refractivity contribution in [3.8, 4) is 11.3 Å². The third kappa shape index (κ3) is 5.81. The summed E-state index contributed by atoms with van der Waals surface area (Å²) in [6, 6.07) is 18.9. The Hall–Kier alpha value is -3.84. The highest BCUT2D eigenvalue weighted by Crippen LogP contribution is 2.32. The van der Waals surface area contributed by atoms with Gasteiger partial charge in [-0.25, -0.2) is 9.78 Å². The molecule has 180 valence electrons. The summed E-state index contributed by atoms with van der Waals surface area (Å²) in [5.74, 6) is -0.799. The number of imidazole rings is 1. The number of carboxylic acid groups (broad SMARTS) is 1.